The molecule has 1 aromatic carbocycles. The van der Waals surface area contributed by atoms with E-state index in [4.69, 9.17) is 14.5 Å². The molecule has 7 heteroatoms. The van der Waals surface area contributed by atoms with Crippen LogP contribution >= 0.6 is 30.9 Å². The predicted octanol–water partition coefficient (Wildman–Crippen LogP) is 8.05. The summed E-state index contributed by atoms with van der Waals surface area (Å²) in [5.41, 5.74) is 3.64. The van der Waals surface area contributed by atoms with Crippen molar-refractivity contribution >= 4 is 41.1 Å². The SMILES string of the molecule is CC(C)(C)N(Sc1nc2ccccc2s1)[P+]1(C)OOC2=C(CCC=C2)C2=C1C=CCC2. The minimum atomic E-state index is -2.29. The second-order valence-corrected chi connectivity index (χ2v) is 14.4. The van der Waals surface area contributed by atoms with Gasteiger partial charge in [0.15, 0.2) is 10.1 Å². The Morgan fingerprint density at radius 3 is 2.58 bits per heavy atom. The quantitative estimate of drug-likeness (QED) is 0.257. The highest BCUT2D eigenvalue weighted by atomic mass is 32.2. The van der Waals surface area contributed by atoms with Gasteiger partial charge in [0, 0.05) is 23.1 Å². The molecule has 0 radical (unpaired) electrons. The molecule has 5 rings (SSSR count). The fraction of sp³-hybridized carbons (Fsp3) is 0.375. The fourth-order valence-corrected chi connectivity index (χ4v) is 10.5. The first-order chi connectivity index (χ1) is 14.9. The molecule has 3 aliphatic rings. The summed E-state index contributed by atoms with van der Waals surface area (Å²) in [5.74, 6) is 0.886. The van der Waals surface area contributed by atoms with Crippen molar-refractivity contribution in [2.45, 2.75) is 56.3 Å². The molecule has 1 aromatic heterocycles. The van der Waals surface area contributed by atoms with Crippen molar-refractivity contribution in [1.29, 1.82) is 0 Å². The molecule has 0 amide bonds. The zero-order valence-corrected chi connectivity index (χ0v) is 20.9. The number of hydrogen-bond acceptors (Lipinski definition) is 6. The second-order valence-electron chi connectivity index (χ2n) is 9.11. The van der Waals surface area contributed by atoms with Gasteiger partial charge in [-0.1, -0.05) is 28.4 Å². The number of para-hydroxylation sites is 1. The van der Waals surface area contributed by atoms with Gasteiger partial charge in [-0.25, -0.2) is 4.98 Å². The third-order valence-corrected chi connectivity index (χ3v) is 12.1. The fourth-order valence-electron chi connectivity index (χ4n) is 4.40. The molecule has 1 unspecified atom stereocenters. The number of aromatic nitrogens is 1. The van der Waals surface area contributed by atoms with Crippen molar-refractivity contribution < 1.29 is 9.56 Å². The van der Waals surface area contributed by atoms with Crippen LogP contribution in [0.25, 0.3) is 10.2 Å². The van der Waals surface area contributed by atoms with Crippen LogP contribution in [0.5, 0.6) is 0 Å². The van der Waals surface area contributed by atoms with Crippen LogP contribution in [-0.2, 0) is 9.56 Å². The van der Waals surface area contributed by atoms with Gasteiger partial charge in [0.2, 0.25) is 0 Å². The normalized spacial score (nSPS) is 23.8. The molecule has 31 heavy (non-hydrogen) atoms. The number of allylic oxidation sites excluding steroid dienone is 7. The molecule has 2 aromatic rings. The molecule has 1 atom stereocenters. The van der Waals surface area contributed by atoms with Crippen molar-refractivity contribution in [1.82, 2.24) is 9.06 Å². The lowest BCUT2D eigenvalue weighted by molar-refractivity contribution is -0.160. The molecule has 162 valence electrons. The largest absolute Gasteiger partial charge is 0.312 e. The zero-order chi connectivity index (χ0) is 21.6. The molecule has 1 aliphatic heterocycles. The Bertz CT molecular complexity index is 1110. The topological polar surface area (TPSA) is 34.6 Å². The molecular formula is C24H28N2O2PS2+. The van der Waals surface area contributed by atoms with Crippen LogP contribution in [0.15, 0.2) is 75.1 Å². The summed E-state index contributed by atoms with van der Waals surface area (Å²) in [6.45, 7) is 8.97. The van der Waals surface area contributed by atoms with Gasteiger partial charge in [-0.05, 0) is 75.4 Å². The maximum atomic E-state index is 6.44. The Morgan fingerprint density at radius 1 is 1.06 bits per heavy atom. The van der Waals surface area contributed by atoms with Crippen molar-refractivity contribution in [2.75, 3.05) is 6.66 Å². The van der Waals surface area contributed by atoms with Gasteiger partial charge < -0.3 is 4.89 Å². The summed E-state index contributed by atoms with van der Waals surface area (Å²) >= 11 is 3.44. The smallest absolute Gasteiger partial charge is 0.301 e. The Morgan fingerprint density at radius 2 is 1.81 bits per heavy atom. The monoisotopic (exact) mass is 471 g/mol. The van der Waals surface area contributed by atoms with E-state index in [1.807, 2.05) is 6.07 Å². The van der Waals surface area contributed by atoms with Gasteiger partial charge in [-0.2, -0.15) is 0 Å². The minimum absolute atomic E-state index is 0.154. The highest BCUT2D eigenvalue weighted by Crippen LogP contribution is 2.75. The average Bonchev–Trinajstić information content (AvgIpc) is 3.13. The Labute approximate surface area is 193 Å². The van der Waals surface area contributed by atoms with E-state index in [0.717, 1.165) is 41.3 Å². The Balaban J connectivity index is 1.60. The molecule has 2 aliphatic carbocycles. The maximum absolute atomic E-state index is 6.44. The standard InChI is InChI=1S/C24H28N2O2PS2/c1-24(2,3)26(31-23-25-19-13-7-10-16-22(19)30-23)29(4)21-15-9-6-12-18(21)17-11-5-8-14-20(17)27-28-29/h7-10,13-16H,5-6,11-12H2,1-4H3/q+1. The van der Waals surface area contributed by atoms with Gasteiger partial charge in [0.05, 0.1) is 15.8 Å². The van der Waals surface area contributed by atoms with Crippen LogP contribution in [0.2, 0.25) is 0 Å². The first-order valence-corrected chi connectivity index (χ1v) is 14.4. The molecule has 0 spiro atoms. The zero-order valence-electron chi connectivity index (χ0n) is 18.4. The van der Waals surface area contributed by atoms with Crippen molar-refractivity contribution in [3.05, 3.63) is 70.8 Å². The van der Waals surface area contributed by atoms with Gasteiger partial charge in [0.25, 0.3) is 0 Å². The van der Waals surface area contributed by atoms with Crippen LogP contribution in [-0.4, -0.2) is 21.3 Å². The molecular weight excluding hydrogens is 443 g/mol. The third kappa shape index (κ3) is 3.94. The number of hydrogen-bond donors (Lipinski definition) is 0. The first kappa shape index (κ1) is 21.4. The molecule has 0 saturated heterocycles. The van der Waals surface area contributed by atoms with Gasteiger partial charge in [-0.3, -0.25) is 0 Å². The Kier molecular flexibility index (Phi) is 5.64. The molecule has 4 nitrogen and oxygen atoms in total. The van der Waals surface area contributed by atoms with Crippen LogP contribution in [0.3, 0.4) is 0 Å². The molecule has 0 bridgehead atoms. The highest BCUT2D eigenvalue weighted by molar-refractivity contribution is 8.05. The predicted molar refractivity (Wildman–Crippen MR) is 133 cm³/mol. The number of nitrogens with zero attached hydrogens (tertiary/aromatic N) is 2. The summed E-state index contributed by atoms with van der Waals surface area (Å²) in [4.78, 5) is 11.0. The van der Waals surface area contributed by atoms with Crippen molar-refractivity contribution in [3.8, 4) is 0 Å². The second kappa shape index (κ2) is 8.17. The summed E-state index contributed by atoms with van der Waals surface area (Å²) in [7, 11) is -2.29. The lowest BCUT2D eigenvalue weighted by atomic mass is 9.90. The van der Waals surface area contributed by atoms with E-state index in [2.05, 4.69) is 74.0 Å². The molecule has 0 saturated carbocycles. The molecule has 0 fully saturated rings. The number of benzene rings is 1. The van der Waals surface area contributed by atoms with Gasteiger partial charge in [0.1, 0.15) is 12.0 Å². The summed E-state index contributed by atoms with van der Waals surface area (Å²) in [6, 6.07) is 8.33. The van der Waals surface area contributed by atoms with E-state index in [0.29, 0.717) is 0 Å². The summed E-state index contributed by atoms with van der Waals surface area (Å²) in [6.07, 6.45) is 13.0. The van der Waals surface area contributed by atoms with E-state index < -0.39 is 7.64 Å². The van der Waals surface area contributed by atoms with E-state index in [-0.39, 0.29) is 5.54 Å². The van der Waals surface area contributed by atoms with Crippen LogP contribution in [0, 0.1) is 0 Å². The lowest BCUT2D eigenvalue weighted by Gasteiger charge is -2.37. The average molecular weight is 472 g/mol. The van der Waals surface area contributed by atoms with E-state index in [1.165, 1.54) is 21.2 Å². The van der Waals surface area contributed by atoms with Crippen LogP contribution in [0.1, 0.15) is 46.5 Å². The summed E-state index contributed by atoms with van der Waals surface area (Å²) < 4.78 is 11.1. The number of fused-ring (bicyclic) bond motifs is 2. The van der Waals surface area contributed by atoms with E-state index in [1.54, 1.807) is 23.3 Å². The van der Waals surface area contributed by atoms with Crippen molar-refractivity contribution in [2.24, 2.45) is 0 Å². The highest BCUT2D eigenvalue weighted by Gasteiger charge is 2.57. The first-order valence-electron chi connectivity index (χ1n) is 10.7. The maximum Gasteiger partial charge on any atom is 0.312 e. The van der Waals surface area contributed by atoms with Crippen molar-refractivity contribution in [3.63, 3.8) is 0 Å². The van der Waals surface area contributed by atoms with Gasteiger partial charge >= 0.3 is 7.64 Å². The van der Waals surface area contributed by atoms with Crippen LogP contribution < -0.4 is 0 Å². The number of rotatable bonds is 3. The molecule has 2 heterocycles. The van der Waals surface area contributed by atoms with Crippen LogP contribution in [0.4, 0.5) is 0 Å². The number of thiazole rings is 1. The Hall–Kier alpha value is -1.43. The van der Waals surface area contributed by atoms with E-state index in [9.17, 15) is 0 Å². The minimum Gasteiger partial charge on any atom is -0.301 e. The van der Waals surface area contributed by atoms with Gasteiger partial charge in [-0.15, -0.1) is 11.3 Å². The lowest BCUT2D eigenvalue weighted by Crippen LogP contribution is -2.36. The summed E-state index contributed by atoms with van der Waals surface area (Å²) in [5, 5.41) is 1.31. The third-order valence-electron chi connectivity index (χ3n) is 5.72. The van der Waals surface area contributed by atoms with E-state index >= 15 is 0 Å². The molecule has 0 N–H and O–H groups in total.